The molecule has 7 heteroatoms. The Balaban J connectivity index is 2.47. The van der Waals surface area contributed by atoms with E-state index in [-0.39, 0.29) is 17.5 Å². The molecule has 5 N–H and O–H groups in total. The molecule has 16 heavy (non-hydrogen) atoms. The molecule has 84 valence electrons. The highest BCUT2D eigenvalue weighted by Crippen LogP contribution is 2.31. The number of carbonyl (C=O) groups excluding carboxylic acids is 1. The summed E-state index contributed by atoms with van der Waals surface area (Å²) in [5.74, 6) is 0.715. The second-order valence-electron chi connectivity index (χ2n) is 3.35. The summed E-state index contributed by atoms with van der Waals surface area (Å²) in [5.41, 5.74) is 11.9. The van der Waals surface area contributed by atoms with Gasteiger partial charge < -0.3 is 16.8 Å². The molecule has 0 aliphatic carbocycles. The van der Waals surface area contributed by atoms with Crippen molar-refractivity contribution in [2.45, 2.75) is 13.3 Å². The summed E-state index contributed by atoms with van der Waals surface area (Å²) in [4.78, 5) is 23.4. The fraction of sp³-hybridized carbons (Fsp3) is 0.333. The van der Waals surface area contributed by atoms with Gasteiger partial charge in [0.25, 0.3) is 0 Å². The number of fused-ring (bicyclic) bond motifs is 1. The van der Waals surface area contributed by atoms with Crippen LogP contribution >= 0.6 is 0 Å². The van der Waals surface area contributed by atoms with Crippen molar-refractivity contribution in [3.05, 3.63) is 0 Å². The second kappa shape index (κ2) is 3.76. The summed E-state index contributed by atoms with van der Waals surface area (Å²) in [5, 5.41) is 2.95. The first-order chi connectivity index (χ1) is 7.61. The maximum Gasteiger partial charge on any atom is 0.224 e. The van der Waals surface area contributed by atoms with Crippen molar-refractivity contribution in [1.82, 2.24) is 9.97 Å². The molecular formula is C9H12N6O. The van der Waals surface area contributed by atoms with Crippen LogP contribution in [0.3, 0.4) is 0 Å². The van der Waals surface area contributed by atoms with Gasteiger partial charge in [-0.05, 0) is 0 Å². The van der Waals surface area contributed by atoms with E-state index in [4.69, 9.17) is 11.5 Å². The highest BCUT2D eigenvalue weighted by molar-refractivity contribution is 6.42. The molecule has 1 aliphatic rings. The molecular weight excluding hydrogens is 208 g/mol. The fourth-order valence-corrected chi connectivity index (χ4v) is 1.43. The number of ketones is 1. The minimum absolute atomic E-state index is 0.0191. The SMILES string of the molecule is CCC(=O)C1=Nc2c(N)nc(N)nc2NC1. The van der Waals surface area contributed by atoms with Crippen LogP contribution in [0.2, 0.25) is 0 Å². The minimum atomic E-state index is -0.0191. The van der Waals surface area contributed by atoms with Crippen molar-refractivity contribution in [2.24, 2.45) is 4.99 Å². The van der Waals surface area contributed by atoms with Crippen molar-refractivity contribution in [3.8, 4) is 0 Å². The van der Waals surface area contributed by atoms with Gasteiger partial charge in [0.15, 0.2) is 17.4 Å². The Kier molecular flexibility index (Phi) is 2.43. The van der Waals surface area contributed by atoms with Crippen LogP contribution in [0, 0.1) is 0 Å². The highest BCUT2D eigenvalue weighted by atomic mass is 16.1. The lowest BCUT2D eigenvalue weighted by Crippen LogP contribution is -2.26. The third kappa shape index (κ3) is 1.67. The number of Topliss-reactive ketones (excluding diaryl/α,β-unsaturated/α-hetero) is 1. The second-order valence-corrected chi connectivity index (χ2v) is 3.35. The van der Waals surface area contributed by atoms with Crippen molar-refractivity contribution in [3.63, 3.8) is 0 Å². The monoisotopic (exact) mass is 220 g/mol. The van der Waals surface area contributed by atoms with Crippen molar-refractivity contribution >= 4 is 34.8 Å². The van der Waals surface area contributed by atoms with E-state index in [1.807, 2.05) is 0 Å². The van der Waals surface area contributed by atoms with E-state index < -0.39 is 0 Å². The molecule has 0 spiro atoms. The predicted octanol–water partition coefficient (Wildman–Crippen LogP) is 0.118. The van der Waals surface area contributed by atoms with Gasteiger partial charge in [-0.2, -0.15) is 9.97 Å². The van der Waals surface area contributed by atoms with Crippen LogP contribution in [0.1, 0.15) is 13.3 Å². The molecule has 1 aromatic heterocycles. The van der Waals surface area contributed by atoms with Crippen LogP contribution in [0.5, 0.6) is 0 Å². The number of carbonyl (C=O) groups is 1. The number of nitrogens with two attached hydrogens (primary N) is 2. The van der Waals surface area contributed by atoms with E-state index in [0.29, 0.717) is 30.2 Å². The normalized spacial score (nSPS) is 13.7. The van der Waals surface area contributed by atoms with Crippen LogP contribution in [0.4, 0.5) is 23.3 Å². The fourth-order valence-electron chi connectivity index (χ4n) is 1.43. The van der Waals surface area contributed by atoms with Gasteiger partial charge >= 0.3 is 0 Å². The Bertz CT molecular complexity index is 481. The maximum absolute atomic E-state index is 11.5. The van der Waals surface area contributed by atoms with E-state index in [9.17, 15) is 4.79 Å². The van der Waals surface area contributed by atoms with Gasteiger partial charge in [-0.15, -0.1) is 0 Å². The molecule has 0 unspecified atom stereocenters. The number of hydrogen-bond acceptors (Lipinski definition) is 7. The van der Waals surface area contributed by atoms with Crippen LogP contribution in [-0.4, -0.2) is 28.0 Å². The van der Waals surface area contributed by atoms with E-state index >= 15 is 0 Å². The average molecular weight is 220 g/mol. The first-order valence-electron chi connectivity index (χ1n) is 4.89. The van der Waals surface area contributed by atoms with E-state index in [2.05, 4.69) is 20.3 Å². The van der Waals surface area contributed by atoms with Crippen LogP contribution in [-0.2, 0) is 4.79 Å². The molecule has 0 radical (unpaired) electrons. The number of rotatable bonds is 2. The first-order valence-corrected chi connectivity index (χ1v) is 4.89. The van der Waals surface area contributed by atoms with Crippen molar-refractivity contribution < 1.29 is 4.79 Å². The zero-order chi connectivity index (χ0) is 11.7. The average Bonchev–Trinajstić information content (AvgIpc) is 2.27. The quantitative estimate of drug-likeness (QED) is 0.651. The molecule has 0 aromatic carbocycles. The standard InChI is InChI=1S/C9H12N6O/c1-2-5(16)4-3-12-8-6(13-4)7(10)14-9(11)15-8/h2-3H2,1H3,(H5,10,11,12,14,15). The lowest BCUT2D eigenvalue weighted by Gasteiger charge is -2.16. The molecule has 7 nitrogen and oxygen atoms in total. The maximum atomic E-state index is 11.5. The largest absolute Gasteiger partial charge is 0.382 e. The highest BCUT2D eigenvalue weighted by Gasteiger charge is 2.20. The Labute approximate surface area is 92.0 Å². The summed E-state index contributed by atoms with van der Waals surface area (Å²) in [7, 11) is 0. The summed E-state index contributed by atoms with van der Waals surface area (Å²) in [6.45, 7) is 2.12. The Morgan fingerprint density at radius 3 is 2.88 bits per heavy atom. The van der Waals surface area contributed by atoms with Crippen LogP contribution in [0.15, 0.2) is 4.99 Å². The smallest absolute Gasteiger partial charge is 0.224 e. The summed E-state index contributed by atoms with van der Waals surface area (Å²) < 4.78 is 0. The number of nitrogens with one attached hydrogen (secondary N) is 1. The van der Waals surface area contributed by atoms with Crippen LogP contribution in [0.25, 0.3) is 0 Å². The molecule has 0 atom stereocenters. The molecule has 2 rings (SSSR count). The molecule has 2 heterocycles. The van der Waals surface area contributed by atoms with Crippen molar-refractivity contribution in [2.75, 3.05) is 23.3 Å². The number of aromatic nitrogens is 2. The lowest BCUT2D eigenvalue weighted by molar-refractivity contribution is -0.112. The Morgan fingerprint density at radius 2 is 2.19 bits per heavy atom. The molecule has 0 saturated heterocycles. The predicted molar refractivity (Wildman–Crippen MR) is 61.7 cm³/mol. The molecule has 1 aliphatic heterocycles. The first kappa shape index (κ1) is 10.3. The third-order valence-electron chi connectivity index (χ3n) is 2.24. The molecule has 0 amide bonds. The van der Waals surface area contributed by atoms with Gasteiger partial charge in [-0.1, -0.05) is 6.92 Å². The number of nitrogens with zero attached hydrogens (tertiary/aromatic N) is 3. The number of aliphatic imine (C=N–C) groups is 1. The van der Waals surface area contributed by atoms with E-state index in [1.165, 1.54) is 0 Å². The van der Waals surface area contributed by atoms with E-state index in [0.717, 1.165) is 0 Å². The van der Waals surface area contributed by atoms with Gasteiger partial charge in [0.05, 0.1) is 6.54 Å². The summed E-state index contributed by atoms with van der Waals surface area (Å²) in [6, 6.07) is 0. The Hall–Kier alpha value is -2.18. The van der Waals surface area contributed by atoms with Gasteiger partial charge in [0, 0.05) is 6.42 Å². The van der Waals surface area contributed by atoms with Gasteiger partial charge in [0.1, 0.15) is 11.4 Å². The molecule has 0 bridgehead atoms. The summed E-state index contributed by atoms with van der Waals surface area (Å²) in [6.07, 6.45) is 0.408. The topological polar surface area (TPSA) is 119 Å². The summed E-state index contributed by atoms with van der Waals surface area (Å²) >= 11 is 0. The molecule has 0 saturated carbocycles. The van der Waals surface area contributed by atoms with Gasteiger partial charge in [-0.3, -0.25) is 4.79 Å². The van der Waals surface area contributed by atoms with Crippen LogP contribution < -0.4 is 16.8 Å². The number of hydrogen-bond donors (Lipinski definition) is 3. The van der Waals surface area contributed by atoms with E-state index in [1.54, 1.807) is 6.92 Å². The third-order valence-corrected chi connectivity index (χ3v) is 2.24. The zero-order valence-corrected chi connectivity index (χ0v) is 8.82. The number of anilines is 3. The lowest BCUT2D eigenvalue weighted by atomic mass is 10.1. The van der Waals surface area contributed by atoms with Crippen molar-refractivity contribution in [1.29, 1.82) is 0 Å². The molecule has 1 aromatic rings. The number of nitrogen functional groups attached to an aromatic ring is 2. The van der Waals surface area contributed by atoms with Gasteiger partial charge in [-0.25, -0.2) is 4.99 Å². The molecule has 0 fully saturated rings. The van der Waals surface area contributed by atoms with Gasteiger partial charge in [0.2, 0.25) is 5.95 Å². The minimum Gasteiger partial charge on any atom is -0.382 e. The Morgan fingerprint density at radius 1 is 1.44 bits per heavy atom. The zero-order valence-electron chi connectivity index (χ0n) is 8.82.